The third kappa shape index (κ3) is 2.98. The van der Waals surface area contributed by atoms with Crippen LogP contribution in [0.15, 0.2) is 40.9 Å². The van der Waals surface area contributed by atoms with Crippen LogP contribution >= 0.6 is 50.1 Å². The Kier molecular flexibility index (Phi) is 4.57. The Balaban J connectivity index is 2.33. The molecular formula is C16H13BrClIN2. The van der Waals surface area contributed by atoms with E-state index in [9.17, 15) is 0 Å². The van der Waals surface area contributed by atoms with E-state index in [1.54, 1.807) is 0 Å². The largest absolute Gasteiger partial charge is 0.295 e. The number of alkyl halides is 1. The average Bonchev–Trinajstić information content (AvgIpc) is 2.79. The third-order valence-electron chi connectivity index (χ3n) is 3.35. The molecule has 0 N–H and O–H groups in total. The van der Waals surface area contributed by atoms with Crippen molar-refractivity contribution in [2.24, 2.45) is 0 Å². The molecule has 2 aromatic carbocycles. The summed E-state index contributed by atoms with van der Waals surface area (Å²) in [5.41, 5.74) is 4.45. The maximum atomic E-state index is 5.96. The van der Waals surface area contributed by atoms with Crippen LogP contribution in [0.1, 0.15) is 11.4 Å². The number of hydrogen-bond acceptors (Lipinski definition) is 1. The molecule has 0 unspecified atom stereocenters. The first-order valence-corrected chi connectivity index (χ1v) is 9.00. The van der Waals surface area contributed by atoms with E-state index < -0.39 is 0 Å². The van der Waals surface area contributed by atoms with Gasteiger partial charge in [-0.25, -0.2) is 4.98 Å². The molecule has 0 saturated heterocycles. The molecule has 5 heteroatoms. The molecule has 1 heterocycles. The summed E-state index contributed by atoms with van der Waals surface area (Å²) in [7, 11) is 0. The summed E-state index contributed by atoms with van der Waals surface area (Å²) in [5.74, 6) is 1.55. The molecule has 0 fully saturated rings. The Labute approximate surface area is 150 Å². The maximum Gasteiger partial charge on any atom is 0.115 e. The SMILES string of the molecule is Cc1ccc(Br)c(-n2c(CCCl)nc3cc(I)ccc32)c1. The Morgan fingerprint density at radius 2 is 2.05 bits per heavy atom. The van der Waals surface area contributed by atoms with Crippen LogP contribution in [0.5, 0.6) is 0 Å². The Morgan fingerprint density at radius 1 is 1.24 bits per heavy atom. The van der Waals surface area contributed by atoms with Gasteiger partial charge in [-0.05, 0) is 81.3 Å². The van der Waals surface area contributed by atoms with Crippen molar-refractivity contribution < 1.29 is 0 Å². The second-order valence-electron chi connectivity index (χ2n) is 4.89. The first kappa shape index (κ1) is 15.3. The number of rotatable bonds is 3. The highest BCUT2D eigenvalue weighted by molar-refractivity contribution is 14.1. The molecule has 0 radical (unpaired) electrons. The Hall–Kier alpha value is -0.590. The van der Waals surface area contributed by atoms with E-state index in [4.69, 9.17) is 16.6 Å². The number of aryl methyl sites for hydroxylation is 2. The molecule has 0 bridgehead atoms. The molecule has 0 aliphatic carbocycles. The van der Waals surface area contributed by atoms with Crippen molar-refractivity contribution >= 4 is 61.2 Å². The molecule has 3 aromatic rings. The van der Waals surface area contributed by atoms with Crippen LogP contribution in [-0.4, -0.2) is 15.4 Å². The highest BCUT2D eigenvalue weighted by atomic mass is 127. The molecule has 108 valence electrons. The maximum absolute atomic E-state index is 5.96. The number of halogens is 3. The quantitative estimate of drug-likeness (QED) is 0.362. The van der Waals surface area contributed by atoms with Crippen LogP contribution in [0.2, 0.25) is 0 Å². The van der Waals surface area contributed by atoms with Gasteiger partial charge in [0.05, 0.1) is 16.7 Å². The van der Waals surface area contributed by atoms with Crippen molar-refractivity contribution in [3.8, 4) is 5.69 Å². The van der Waals surface area contributed by atoms with Crippen LogP contribution in [0.4, 0.5) is 0 Å². The van der Waals surface area contributed by atoms with Crippen molar-refractivity contribution in [1.29, 1.82) is 0 Å². The van der Waals surface area contributed by atoms with E-state index in [2.05, 4.69) is 86.4 Å². The summed E-state index contributed by atoms with van der Waals surface area (Å²) in [6.45, 7) is 2.10. The van der Waals surface area contributed by atoms with Crippen LogP contribution < -0.4 is 0 Å². The zero-order chi connectivity index (χ0) is 15.0. The molecule has 3 rings (SSSR count). The first-order valence-electron chi connectivity index (χ1n) is 6.59. The first-order chi connectivity index (χ1) is 10.1. The number of benzene rings is 2. The predicted octanol–water partition coefficient (Wildman–Crippen LogP) is 5.48. The van der Waals surface area contributed by atoms with Gasteiger partial charge in [0.1, 0.15) is 5.82 Å². The lowest BCUT2D eigenvalue weighted by molar-refractivity contribution is 0.908. The summed E-state index contributed by atoms with van der Waals surface area (Å²) in [6.07, 6.45) is 0.743. The minimum Gasteiger partial charge on any atom is -0.295 e. The Morgan fingerprint density at radius 3 is 2.81 bits per heavy atom. The number of hydrogen-bond donors (Lipinski definition) is 0. The van der Waals surface area contributed by atoms with Gasteiger partial charge in [-0.3, -0.25) is 4.57 Å². The number of aromatic nitrogens is 2. The van der Waals surface area contributed by atoms with Gasteiger partial charge in [0.25, 0.3) is 0 Å². The van der Waals surface area contributed by atoms with Gasteiger partial charge in [0.2, 0.25) is 0 Å². The van der Waals surface area contributed by atoms with Crippen molar-refractivity contribution in [2.75, 3.05) is 5.88 Å². The van der Waals surface area contributed by atoms with Crippen molar-refractivity contribution in [2.45, 2.75) is 13.3 Å². The lowest BCUT2D eigenvalue weighted by Gasteiger charge is -2.12. The highest BCUT2D eigenvalue weighted by Gasteiger charge is 2.14. The lowest BCUT2D eigenvalue weighted by atomic mass is 10.2. The van der Waals surface area contributed by atoms with E-state index in [0.29, 0.717) is 5.88 Å². The van der Waals surface area contributed by atoms with Gasteiger partial charge in [0.15, 0.2) is 0 Å². The summed E-state index contributed by atoms with van der Waals surface area (Å²) in [4.78, 5) is 4.76. The minimum absolute atomic E-state index is 0.559. The molecule has 0 atom stereocenters. The van der Waals surface area contributed by atoms with Crippen LogP contribution in [0.3, 0.4) is 0 Å². The van der Waals surface area contributed by atoms with Crippen molar-refractivity contribution in [3.63, 3.8) is 0 Å². The number of fused-ring (bicyclic) bond motifs is 1. The molecule has 2 nitrogen and oxygen atoms in total. The van der Waals surface area contributed by atoms with E-state index in [0.717, 1.165) is 33.4 Å². The molecule has 0 spiro atoms. The van der Waals surface area contributed by atoms with Crippen LogP contribution in [0.25, 0.3) is 16.7 Å². The smallest absolute Gasteiger partial charge is 0.115 e. The molecule has 1 aromatic heterocycles. The summed E-state index contributed by atoms with van der Waals surface area (Å²) < 4.78 is 4.44. The zero-order valence-electron chi connectivity index (χ0n) is 11.4. The number of nitrogens with zero attached hydrogens (tertiary/aromatic N) is 2. The van der Waals surface area contributed by atoms with Gasteiger partial charge in [-0.2, -0.15) is 0 Å². The summed E-state index contributed by atoms with van der Waals surface area (Å²) in [5, 5.41) is 0. The van der Waals surface area contributed by atoms with Gasteiger partial charge < -0.3 is 0 Å². The van der Waals surface area contributed by atoms with E-state index in [1.807, 2.05) is 0 Å². The molecule has 0 aliphatic heterocycles. The zero-order valence-corrected chi connectivity index (χ0v) is 15.9. The minimum atomic E-state index is 0.559. The van der Waals surface area contributed by atoms with Crippen LogP contribution in [0, 0.1) is 10.5 Å². The van der Waals surface area contributed by atoms with Gasteiger partial charge in [0, 0.05) is 20.3 Å². The molecular weight excluding hydrogens is 462 g/mol. The molecule has 0 aliphatic rings. The standard InChI is InChI=1S/C16H13BrClIN2/c1-10-2-4-12(17)15(8-10)21-14-5-3-11(19)9-13(14)20-16(21)6-7-18/h2-5,8-9H,6-7H2,1H3. The van der Waals surface area contributed by atoms with Crippen molar-refractivity contribution in [1.82, 2.24) is 9.55 Å². The fourth-order valence-electron chi connectivity index (χ4n) is 2.42. The second kappa shape index (κ2) is 6.26. The summed E-state index contributed by atoms with van der Waals surface area (Å²) >= 11 is 11.9. The average molecular weight is 476 g/mol. The predicted molar refractivity (Wildman–Crippen MR) is 101 cm³/mol. The van der Waals surface area contributed by atoms with E-state index in [1.165, 1.54) is 9.13 Å². The monoisotopic (exact) mass is 474 g/mol. The molecule has 0 amide bonds. The van der Waals surface area contributed by atoms with Crippen molar-refractivity contribution in [3.05, 3.63) is 55.8 Å². The van der Waals surface area contributed by atoms with Gasteiger partial charge in [-0.1, -0.05) is 6.07 Å². The second-order valence-corrected chi connectivity index (χ2v) is 7.37. The van der Waals surface area contributed by atoms with E-state index in [-0.39, 0.29) is 0 Å². The number of imidazole rings is 1. The van der Waals surface area contributed by atoms with E-state index >= 15 is 0 Å². The Bertz CT molecular complexity index is 813. The van der Waals surface area contributed by atoms with Crippen LogP contribution in [-0.2, 0) is 6.42 Å². The normalized spacial score (nSPS) is 11.2. The van der Waals surface area contributed by atoms with Gasteiger partial charge in [-0.15, -0.1) is 11.6 Å². The fraction of sp³-hybridized carbons (Fsp3) is 0.188. The highest BCUT2D eigenvalue weighted by Crippen LogP contribution is 2.29. The molecule has 21 heavy (non-hydrogen) atoms. The third-order valence-corrected chi connectivity index (χ3v) is 4.88. The topological polar surface area (TPSA) is 17.8 Å². The fourth-order valence-corrected chi connectivity index (χ4v) is 3.49. The molecule has 0 saturated carbocycles. The summed E-state index contributed by atoms with van der Waals surface area (Å²) in [6, 6.07) is 12.7. The van der Waals surface area contributed by atoms with Gasteiger partial charge >= 0.3 is 0 Å². The lowest BCUT2D eigenvalue weighted by Crippen LogP contribution is -2.03.